The van der Waals surface area contributed by atoms with Crippen molar-refractivity contribution in [1.29, 1.82) is 0 Å². The quantitative estimate of drug-likeness (QED) is 0.871. The van der Waals surface area contributed by atoms with Crippen molar-refractivity contribution in [2.24, 2.45) is 0 Å². The molecule has 0 saturated heterocycles. The number of carbonyl (C=O) groups is 2. The average Bonchev–Trinajstić information content (AvgIpc) is 2.53. The fourth-order valence-electron chi connectivity index (χ4n) is 2.17. The van der Waals surface area contributed by atoms with Gasteiger partial charge in [-0.3, -0.25) is 5.32 Å². The summed E-state index contributed by atoms with van der Waals surface area (Å²) >= 11 is 0. The molecular formula is C19H21NO4. The van der Waals surface area contributed by atoms with E-state index in [2.05, 4.69) is 5.32 Å². The van der Waals surface area contributed by atoms with Crippen molar-refractivity contribution in [2.75, 3.05) is 5.32 Å². The molecule has 0 heterocycles. The van der Waals surface area contributed by atoms with E-state index in [4.69, 9.17) is 4.74 Å². The van der Waals surface area contributed by atoms with Crippen LogP contribution in [0, 0.1) is 0 Å². The van der Waals surface area contributed by atoms with Gasteiger partial charge in [0.15, 0.2) is 0 Å². The Kier molecular flexibility index (Phi) is 5.24. The van der Waals surface area contributed by atoms with Gasteiger partial charge in [0.1, 0.15) is 6.61 Å². The Morgan fingerprint density at radius 3 is 2.33 bits per heavy atom. The number of amides is 1. The van der Waals surface area contributed by atoms with Gasteiger partial charge in [0, 0.05) is 0 Å². The largest absolute Gasteiger partial charge is 0.478 e. The van der Waals surface area contributed by atoms with Gasteiger partial charge in [0.05, 0.1) is 11.3 Å². The van der Waals surface area contributed by atoms with Crippen molar-refractivity contribution >= 4 is 17.7 Å². The second-order valence-electron chi connectivity index (χ2n) is 6.50. The van der Waals surface area contributed by atoms with Gasteiger partial charge in [-0.2, -0.15) is 0 Å². The van der Waals surface area contributed by atoms with E-state index in [1.807, 2.05) is 51.1 Å². The molecule has 2 aromatic rings. The van der Waals surface area contributed by atoms with Crippen LogP contribution in [0.1, 0.15) is 42.3 Å². The molecule has 0 aromatic heterocycles. The molecule has 0 spiro atoms. The van der Waals surface area contributed by atoms with E-state index >= 15 is 0 Å². The van der Waals surface area contributed by atoms with E-state index in [1.165, 1.54) is 6.07 Å². The molecule has 0 unspecified atom stereocenters. The van der Waals surface area contributed by atoms with E-state index in [-0.39, 0.29) is 23.3 Å². The standard InChI is InChI=1S/C19H21NO4/c1-19(2,3)14-9-10-15(17(21)22)16(11-14)20-18(23)24-12-13-7-5-4-6-8-13/h4-11H,12H2,1-3H3,(H,20,23)(H,21,22). The predicted octanol–water partition coefficient (Wildman–Crippen LogP) is 4.43. The molecule has 0 aliphatic heterocycles. The van der Waals surface area contributed by atoms with Crippen molar-refractivity contribution in [3.05, 3.63) is 65.2 Å². The van der Waals surface area contributed by atoms with Gasteiger partial charge >= 0.3 is 12.1 Å². The molecule has 0 radical (unpaired) electrons. The van der Waals surface area contributed by atoms with Crippen LogP contribution in [0.2, 0.25) is 0 Å². The monoisotopic (exact) mass is 327 g/mol. The van der Waals surface area contributed by atoms with Crippen LogP contribution in [0.15, 0.2) is 48.5 Å². The molecule has 24 heavy (non-hydrogen) atoms. The number of carbonyl (C=O) groups excluding carboxylic acids is 1. The molecule has 0 fully saturated rings. The minimum Gasteiger partial charge on any atom is -0.478 e. The van der Waals surface area contributed by atoms with Gasteiger partial charge in [0.2, 0.25) is 0 Å². The first kappa shape index (κ1) is 17.5. The lowest BCUT2D eigenvalue weighted by Crippen LogP contribution is -2.18. The minimum atomic E-state index is -1.10. The highest BCUT2D eigenvalue weighted by Crippen LogP contribution is 2.27. The van der Waals surface area contributed by atoms with Gasteiger partial charge in [-0.05, 0) is 28.7 Å². The van der Waals surface area contributed by atoms with Crippen LogP contribution in [0.25, 0.3) is 0 Å². The normalized spacial score (nSPS) is 11.0. The van der Waals surface area contributed by atoms with Crippen molar-refractivity contribution < 1.29 is 19.4 Å². The molecule has 0 saturated carbocycles. The third kappa shape index (κ3) is 4.59. The van der Waals surface area contributed by atoms with Crippen LogP contribution in [-0.4, -0.2) is 17.2 Å². The molecule has 0 bridgehead atoms. The van der Waals surface area contributed by atoms with E-state index in [1.54, 1.807) is 12.1 Å². The lowest BCUT2D eigenvalue weighted by Gasteiger charge is -2.21. The third-order valence-electron chi connectivity index (χ3n) is 3.57. The van der Waals surface area contributed by atoms with Gasteiger partial charge in [0.25, 0.3) is 0 Å². The molecular weight excluding hydrogens is 306 g/mol. The lowest BCUT2D eigenvalue weighted by atomic mass is 9.86. The van der Waals surface area contributed by atoms with Crippen LogP contribution in [0.4, 0.5) is 10.5 Å². The summed E-state index contributed by atoms with van der Waals surface area (Å²) in [7, 11) is 0. The molecule has 0 atom stereocenters. The predicted molar refractivity (Wildman–Crippen MR) is 92.4 cm³/mol. The van der Waals surface area contributed by atoms with Crippen molar-refractivity contribution in [3.63, 3.8) is 0 Å². The summed E-state index contributed by atoms with van der Waals surface area (Å²) in [6, 6.07) is 14.2. The minimum absolute atomic E-state index is 0.0275. The molecule has 0 aliphatic carbocycles. The summed E-state index contributed by atoms with van der Waals surface area (Å²) in [5.41, 5.74) is 1.87. The Morgan fingerprint density at radius 1 is 1.08 bits per heavy atom. The van der Waals surface area contributed by atoms with E-state index in [0.29, 0.717) is 0 Å². The molecule has 2 N–H and O–H groups in total. The second-order valence-corrected chi connectivity index (χ2v) is 6.50. The van der Waals surface area contributed by atoms with Crippen LogP contribution in [0.5, 0.6) is 0 Å². The maximum Gasteiger partial charge on any atom is 0.411 e. The van der Waals surface area contributed by atoms with E-state index in [0.717, 1.165) is 11.1 Å². The molecule has 1 amide bonds. The number of benzene rings is 2. The van der Waals surface area contributed by atoms with Crippen molar-refractivity contribution in [2.45, 2.75) is 32.8 Å². The Labute approximate surface area is 141 Å². The van der Waals surface area contributed by atoms with Gasteiger partial charge in [-0.25, -0.2) is 9.59 Å². The number of hydrogen-bond acceptors (Lipinski definition) is 3. The summed E-state index contributed by atoms with van der Waals surface area (Å²) in [5.74, 6) is -1.10. The fraction of sp³-hybridized carbons (Fsp3) is 0.263. The summed E-state index contributed by atoms with van der Waals surface area (Å²) in [6.45, 7) is 6.16. The van der Waals surface area contributed by atoms with Crippen LogP contribution in [-0.2, 0) is 16.8 Å². The number of carboxylic acid groups (broad SMARTS) is 1. The van der Waals surface area contributed by atoms with Crippen molar-refractivity contribution in [1.82, 2.24) is 0 Å². The molecule has 2 rings (SSSR count). The van der Waals surface area contributed by atoms with E-state index in [9.17, 15) is 14.7 Å². The SMILES string of the molecule is CC(C)(C)c1ccc(C(=O)O)c(NC(=O)OCc2ccccc2)c1. The van der Waals surface area contributed by atoms with Crippen LogP contribution < -0.4 is 5.32 Å². The average molecular weight is 327 g/mol. The number of ether oxygens (including phenoxy) is 1. The molecule has 0 aliphatic rings. The van der Waals surface area contributed by atoms with Gasteiger partial charge < -0.3 is 9.84 Å². The maximum atomic E-state index is 12.0. The van der Waals surface area contributed by atoms with Crippen molar-refractivity contribution in [3.8, 4) is 0 Å². The number of rotatable bonds is 4. The van der Waals surface area contributed by atoms with Gasteiger partial charge in [-0.15, -0.1) is 0 Å². The maximum absolute atomic E-state index is 12.0. The molecule has 5 heteroatoms. The Bertz CT molecular complexity index is 733. The van der Waals surface area contributed by atoms with Crippen LogP contribution >= 0.6 is 0 Å². The number of carboxylic acids is 1. The first-order valence-electron chi connectivity index (χ1n) is 7.63. The zero-order valence-corrected chi connectivity index (χ0v) is 14.0. The smallest absolute Gasteiger partial charge is 0.411 e. The Hall–Kier alpha value is -2.82. The summed E-state index contributed by atoms with van der Waals surface area (Å²) < 4.78 is 5.15. The number of nitrogens with one attached hydrogen (secondary N) is 1. The number of hydrogen-bond donors (Lipinski definition) is 2. The first-order valence-corrected chi connectivity index (χ1v) is 7.63. The summed E-state index contributed by atoms with van der Waals surface area (Å²) in [6.07, 6.45) is -0.688. The summed E-state index contributed by atoms with van der Waals surface area (Å²) in [4.78, 5) is 23.3. The van der Waals surface area contributed by atoms with Crippen LogP contribution in [0.3, 0.4) is 0 Å². The second kappa shape index (κ2) is 7.17. The molecule has 126 valence electrons. The molecule has 2 aromatic carbocycles. The number of anilines is 1. The number of aromatic carboxylic acids is 1. The summed E-state index contributed by atoms with van der Waals surface area (Å²) in [5, 5.41) is 11.8. The zero-order valence-electron chi connectivity index (χ0n) is 14.0. The fourth-order valence-corrected chi connectivity index (χ4v) is 2.17. The highest BCUT2D eigenvalue weighted by Gasteiger charge is 2.19. The topological polar surface area (TPSA) is 75.6 Å². The highest BCUT2D eigenvalue weighted by atomic mass is 16.5. The lowest BCUT2D eigenvalue weighted by molar-refractivity contribution is 0.0698. The molecule has 5 nitrogen and oxygen atoms in total. The first-order chi connectivity index (χ1) is 11.3. The zero-order chi connectivity index (χ0) is 17.7. The van der Waals surface area contributed by atoms with Gasteiger partial charge in [-0.1, -0.05) is 57.2 Å². The third-order valence-corrected chi connectivity index (χ3v) is 3.57. The Balaban J connectivity index is 2.14. The van der Waals surface area contributed by atoms with E-state index < -0.39 is 12.1 Å². The highest BCUT2D eigenvalue weighted by molar-refractivity contribution is 5.98. The Morgan fingerprint density at radius 2 is 1.75 bits per heavy atom.